The summed E-state index contributed by atoms with van der Waals surface area (Å²) in [5, 5.41) is 3.01. The van der Waals surface area contributed by atoms with Crippen LogP contribution in [0.15, 0.2) is 29.2 Å². The average molecular weight is 350 g/mol. The van der Waals surface area contributed by atoms with Crippen molar-refractivity contribution in [2.24, 2.45) is 11.7 Å². The molecule has 2 amide bonds. The van der Waals surface area contributed by atoms with Gasteiger partial charge in [0, 0.05) is 36.1 Å². The van der Waals surface area contributed by atoms with E-state index in [9.17, 15) is 9.59 Å². The smallest absolute Gasteiger partial charge is 0.227 e. The predicted molar refractivity (Wildman–Crippen MR) is 99.2 cm³/mol. The van der Waals surface area contributed by atoms with Gasteiger partial charge >= 0.3 is 0 Å². The first-order valence-electron chi connectivity index (χ1n) is 8.53. The topological polar surface area (TPSA) is 75.4 Å². The van der Waals surface area contributed by atoms with Gasteiger partial charge in [0.2, 0.25) is 11.8 Å². The van der Waals surface area contributed by atoms with Crippen LogP contribution in [0.4, 0.5) is 5.69 Å². The van der Waals surface area contributed by atoms with Gasteiger partial charge in [0.15, 0.2) is 0 Å². The number of nitrogens with two attached hydrogens (primary N) is 1. The number of hydrogen-bond donors (Lipinski definition) is 2. The molecule has 0 aromatic heterocycles. The molecule has 1 aliphatic heterocycles. The monoisotopic (exact) mass is 349 g/mol. The highest BCUT2D eigenvalue weighted by molar-refractivity contribution is 7.98. The fourth-order valence-electron chi connectivity index (χ4n) is 2.91. The molecular weight excluding hydrogens is 322 g/mol. The minimum Gasteiger partial charge on any atom is -0.352 e. The first-order valence-corrected chi connectivity index (χ1v) is 9.76. The molecule has 0 radical (unpaired) electrons. The maximum absolute atomic E-state index is 12.5. The van der Waals surface area contributed by atoms with Gasteiger partial charge in [0.1, 0.15) is 0 Å². The van der Waals surface area contributed by atoms with Crippen molar-refractivity contribution in [3.63, 3.8) is 0 Å². The van der Waals surface area contributed by atoms with Crippen LogP contribution in [-0.4, -0.2) is 37.2 Å². The molecule has 132 valence electrons. The summed E-state index contributed by atoms with van der Waals surface area (Å²) in [4.78, 5) is 27.6. The van der Waals surface area contributed by atoms with E-state index in [0.717, 1.165) is 29.8 Å². The zero-order valence-corrected chi connectivity index (χ0v) is 15.3. The third kappa shape index (κ3) is 4.74. The number of thioether (sulfide) groups is 1. The number of benzene rings is 1. The van der Waals surface area contributed by atoms with Gasteiger partial charge in [0.05, 0.1) is 5.92 Å². The second kappa shape index (κ2) is 9.08. The number of carbonyl (C=O) groups excluding carboxylic acids is 2. The molecule has 1 heterocycles. The number of nitrogens with one attached hydrogen (secondary N) is 1. The van der Waals surface area contributed by atoms with E-state index >= 15 is 0 Å². The lowest BCUT2D eigenvalue weighted by Gasteiger charge is -2.20. The van der Waals surface area contributed by atoms with Crippen LogP contribution in [0, 0.1) is 5.92 Å². The Bertz CT molecular complexity index is 562. The van der Waals surface area contributed by atoms with Crippen LogP contribution in [0.1, 0.15) is 32.6 Å². The van der Waals surface area contributed by atoms with Gasteiger partial charge in [-0.05, 0) is 36.9 Å². The van der Waals surface area contributed by atoms with Crippen molar-refractivity contribution in [3.8, 4) is 0 Å². The van der Waals surface area contributed by atoms with Gasteiger partial charge in [0.25, 0.3) is 0 Å². The Morgan fingerprint density at radius 2 is 2.12 bits per heavy atom. The van der Waals surface area contributed by atoms with Crippen LogP contribution < -0.4 is 16.0 Å². The Balaban J connectivity index is 1.96. The molecule has 1 aromatic rings. The fraction of sp³-hybridized carbons (Fsp3) is 0.556. The van der Waals surface area contributed by atoms with Crippen molar-refractivity contribution in [1.29, 1.82) is 0 Å². The molecule has 2 atom stereocenters. The number of amides is 2. The maximum Gasteiger partial charge on any atom is 0.227 e. The molecule has 6 heteroatoms. The Morgan fingerprint density at radius 3 is 2.71 bits per heavy atom. The third-order valence-corrected chi connectivity index (χ3v) is 5.16. The number of unbranched alkanes of at least 4 members (excludes halogenated alkanes) is 1. The van der Waals surface area contributed by atoms with Crippen molar-refractivity contribution in [2.75, 3.05) is 24.2 Å². The highest BCUT2D eigenvalue weighted by Crippen LogP contribution is 2.27. The average Bonchev–Trinajstić information content (AvgIpc) is 3.00. The fourth-order valence-corrected chi connectivity index (χ4v) is 3.32. The minimum atomic E-state index is -0.298. The second-order valence-electron chi connectivity index (χ2n) is 6.19. The Hall–Kier alpha value is -1.53. The minimum absolute atomic E-state index is 0.00228. The van der Waals surface area contributed by atoms with Gasteiger partial charge in [-0.2, -0.15) is 0 Å². The highest BCUT2D eigenvalue weighted by atomic mass is 32.2. The normalized spacial score (nSPS) is 18.7. The summed E-state index contributed by atoms with van der Waals surface area (Å²) in [6.45, 7) is 2.99. The van der Waals surface area contributed by atoms with E-state index in [1.165, 1.54) is 0 Å². The van der Waals surface area contributed by atoms with E-state index in [0.29, 0.717) is 13.1 Å². The van der Waals surface area contributed by atoms with Crippen LogP contribution >= 0.6 is 11.8 Å². The van der Waals surface area contributed by atoms with Crippen LogP contribution in [0.2, 0.25) is 0 Å². The van der Waals surface area contributed by atoms with Gasteiger partial charge in [-0.15, -0.1) is 11.8 Å². The zero-order chi connectivity index (χ0) is 17.5. The van der Waals surface area contributed by atoms with Crippen molar-refractivity contribution in [1.82, 2.24) is 5.32 Å². The highest BCUT2D eigenvalue weighted by Gasteiger charge is 2.35. The molecule has 0 bridgehead atoms. The molecule has 0 aliphatic carbocycles. The molecular formula is C18H27N3O2S. The largest absolute Gasteiger partial charge is 0.352 e. The third-order valence-electron chi connectivity index (χ3n) is 4.42. The Morgan fingerprint density at radius 1 is 1.42 bits per heavy atom. The lowest BCUT2D eigenvalue weighted by atomic mass is 10.1. The molecule has 3 N–H and O–H groups in total. The lowest BCUT2D eigenvalue weighted by Crippen LogP contribution is -2.43. The molecule has 1 fully saturated rings. The molecule has 1 aromatic carbocycles. The number of anilines is 1. The summed E-state index contributed by atoms with van der Waals surface area (Å²) in [7, 11) is 0. The van der Waals surface area contributed by atoms with Crippen LogP contribution in [0.5, 0.6) is 0 Å². The van der Waals surface area contributed by atoms with Crippen LogP contribution in [0.25, 0.3) is 0 Å². The summed E-state index contributed by atoms with van der Waals surface area (Å²) in [5.74, 6) is -0.351. The van der Waals surface area contributed by atoms with Crippen molar-refractivity contribution in [3.05, 3.63) is 24.3 Å². The van der Waals surface area contributed by atoms with E-state index in [-0.39, 0.29) is 30.2 Å². The number of hydrogen-bond acceptors (Lipinski definition) is 4. The van der Waals surface area contributed by atoms with E-state index < -0.39 is 0 Å². The summed E-state index contributed by atoms with van der Waals surface area (Å²) in [6, 6.07) is 7.87. The Kier molecular flexibility index (Phi) is 7.12. The molecule has 2 rings (SSSR count). The predicted octanol–water partition coefficient (Wildman–Crippen LogP) is 2.40. The standard InChI is InChI=1S/C18H27N3O2S/c1-3-4-5-14(11-19)20-18(23)13-10-17(22)21(12-13)15-6-8-16(24-2)9-7-15/h6-9,13-14H,3-5,10-12,19H2,1-2H3,(H,20,23). The van der Waals surface area contributed by atoms with Gasteiger partial charge < -0.3 is 16.0 Å². The first-order chi connectivity index (χ1) is 11.6. The SMILES string of the molecule is CCCCC(CN)NC(=O)C1CC(=O)N(c2ccc(SC)cc2)C1. The second-order valence-corrected chi connectivity index (χ2v) is 7.07. The number of nitrogens with zero attached hydrogens (tertiary/aromatic N) is 1. The van der Waals surface area contributed by atoms with E-state index in [4.69, 9.17) is 5.73 Å². The molecule has 24 heavy (non-hydrogen) atoms. The maximum atomic E-state index is 12.5. The van der Waals surface area contributed by atoms with Gasteiger partial charge in [-0.3, -0.25) is 9.59 Å². The molecule has 1 saturated heterocycles. The molecule has 0 saturated carbocycles. The summed E-state index contributed by atoms with van der Waals surface area (Å²) in [5.41, 5.74) is 6.60. The lowest BCUT2D eigenvalue weighted by molar-refractivity contribution is -0.126. The molecule has 5 nitrogen and oxygen atoms in total. The number of carbonyl (C=O) groups is 2. The summed E-state index contributed by atoms with van der Waals surface area (Å²) >= 11 is 1.66. The quantitative estimate of drug-likeness (QED) is 0.707. The summed E-state index contributed by atoms with van der Waals surface area (Å²) < 4.78 is 0. The number of rotatable bonds is 8. The Labute approximate surface area is 148 Å². The van der Waals surface area contributed by atoms with E-state index in [1.807, 2.05) is 30.5 Å². The van der Waals surface area contributed by atoms with Crippen molar-refractivity contribution in [2.45, 2.75) is 43.5 Å². The van der Waals surface area contributed by atoms with Crippen molar-refractivity contribution >= 4 is 29.3 Å². The molecule has 1 aliphatic rings. The van der Waals surface area contributed by atoms with Gasteiger partial charge in [-0.25, -0.2) is 0 Å². The van der Waals surface area contributed by atoms with E-state index in [2.05, 4.69) is 12.2 Å². The molecule has 0 spiro atoms. The van der Waals surface area contributed by atoms with Gasteiger partial charge in [-0.1, -0.05) is 19.8 Å². The van der Waals surface area contributed by atoms with Crippen LogP contribution in [-0.2, 0) is 9.59 Å². The zero-order valence-electron chi connectivity index (χ0n) is 14.5. The first kappa shape index (κ1) is 18.8. The summed E-state index contributed by atoms with van der Waals surface area (Å²) in [6.07, 6.45) is 5.29. The van der Waals surface area contributed by atoms with Crippen LogP contribution in [0.3, 0.4) is 0 Å². The molecule has 2 unspecified atom stereocenters. The van der Waals surface area contributed by atoms with E-state index in [1.54, 1.807) is 16.7 Å². The van der Waals surface area contributed by atoms with Crippen molar-refractivity contribution < 1.29 is 9.59 Å².